The monoisotopic (exact) mass is 330 g/mol. The molecule has 0 saturated heterocycles. The van der Waals surface area contributed by atoms with Gasteiger partial charge in [0.2, 0.25) is 0 Å². The summed E-state index contributed by atoms with van der Waals surface area (Å²) in [7, 11) is 0. The number of phenolic OH excluding ortho intramolecular Hbond substituents is 2. The van der Waals surface area contributed by atoms with Crippen LogP contribution in [0.15, 0.2) is 72.8 Å². The summed E-state index contributed by atoms with van der Waals surface area (Å²) in [6.45, 7) is 0. The van der Waals surface area contributed by atoms with Crippen molar-refractivity contribution >= 4 is 0 Å². The number of phenols is 2. The topological polar surface area (TPSA) is 40.5 Å². The average molecular weight is 330 g/mol. The van der Waals surface area contributed by atoms with Gasteiger partial charge in [-0.2, -0.15) is 0 Å². The molecule has 4 rings (SSSR count). The van der Waals surface area contributed by atoms with Gasteiger partial charge >= 0.3 is 0 Å². The van der Waals surface area contributed by atoms with Crippen LogP contribution in [0, 0.1) is 0 Å². The number of rotatable bonds is 2. The van der Waals surface area contributed by atoms with Crippen molar-refractivity contribution in [2.75, 3.05) is 0 Å². The summed E-state index contributed by atoms with van der Waals surface area (Å²) in [4.78, 5) is 0. The summed E-state index contributed by atoms with van der Waals surface area (Å²) in [6.07, 6.45) is 3.16. The number of hydrogen-bond acceptors (Lipinski definition) is 2. The zero-order valence-electron chi connectivity index (χ0n) is 14.1. The zero-order valence-corrected chi connectivity index (χ0v) is 14.1. The van der Waals surface area contributed by atoms with Crippen molar-refractivity contribution in [3.8, 4) is 11.5 Å². The highest BCUT2D eigenvalue weighted by Gasteiger charge is 2.30. The Morgan fingerprint density at radius 2 is 1.44 bits per heavy atom. The highest BCUT2D eigenvalue weighted by atomic mass is 16.3. The molecule has 2 N–H and O–H groups in total. The van der Waals surface area contributed by atoms with Crippen LogP contribution < -0.4 is 0 Å². The van der Waals surface area contributed by atoms with Gasteiger partial charge in [0.1, 0.15) is 11.5 Å². The molecule has 0 unspecified atom stereocenters. The maximum absolute atomic E-state index is 9.92. The quantitative estimate of drug-likeness (QED) is 0.622. The summed E-state index contributed by atoms with van der Waals surface area (Å²) in [5, 5.41) is 19.6. The molecule has 3 aromatic rings. The Labute approximate surface area is 148 Å². The van der Waals surface area contributed by atoms with Crippen molar-refractivity contribution in [2.45, 2.75) is 31.1 Å². The lowest BCUT2D eigenvalue weighted by atomic mass is 9.76. The van der Waals surface area contributed by atoms with Gasteiger partial charge in [-0.25, -0.2) is 0 Å². The van der Waals surface area contributed by atoms with Crippen LogP contribution in [0.5, 0.6) is 11.5 Å². The van der Waals surface area contributed by atoms with Crippen molar-refractivity contribution in [2.24, 2.45) is 0 Å². The van der Waals surface area contributed by atoms with Crippen LogP contribution in [0.1, 0.15) is 46.9 Å². The van der Waals surface area contributed by atoms with E-state index in [0.717, 1.165) is 19.3 Å². The summed E-state index contributed by atoms with van der Waals surface area (Å²) in [5.41, 5.74) is 5.11. The highest BCUT2D eigenvalue weighted by molar-refractivity contribution is 5.46. The molecule has 3 aromatic carbocycles. The van der Waals surface area contributed by atoms with E-state index < -0.39 is 0 Å². The first kappa shape index (κ1) is 15.8. The minimum Gasteiger partial charge on any atom is -0.508 e. The third-order valence-corrected chi connectivity index (χ3v) is 5.31. The van der Waals surface area contributed by atoms with E-state index in [0.29, 0.717) is 17.4 Å². The second-order valence-corrected chi connectivity index (χ2v) is 6.86. The molecule has 1 aliphatic rings. The maximum atomic E-state index is 9.92. The van der Waals surface area contributed by atoms with Gasteiger partial charge < -0.3 is 10.2 Å². The molecule has 0 aliphatic heterocycles. The Hall–Kier alpha value is -2.74. The minimum atomic E-state index is 0.254. The molecular formula is C23H22O2. The number of aryl methyl sites for hydroxylation is 1. The minimum absolute atomic E-state index is 0.254. The van der Waals surface area contributed by atoms with Crippen LogP contribution in [0.25, 0.3) is 0 Å². The molecule has 0 saturated carbocycles. The lowest BCUT2D eigenvalue weighted by Gasteiger charge is -2.28. The van der Waals surface area contributed by atoms with E-state index >= 15 is 0 Å². The van der Waals surface area contributed by atoms with E-state index in [9.17, 15) is 10.2 Å². The first-order valence-electron chi connectivity index (χ1n) is 8.88. The molecule has 2 heteroatoms. The maximum Gasteiger partial charge on any atom is 0.115 e. The number of hydrogen-bond donors (Lipinski definition) is 2. The van der Waals surface area contributed by atoms with E-state index in [1.54, 1.807) is 18.2 Å². The Balaban J connectivity index is 1.87. The van der Waals surface area contributed by atoms with Gasteiger partial charge in [0.05, 0.1) is 0 Å². The summed E-state index contributed by atoms with van der Waals surface area (Å²) >= 11 is 0. The molecular weight excluding hydrogens is 308 g/mol. The first-order chi connectivity index (χ1) is 12.2. The molecule has 0 amide bonds. The normalized spacial score (nSPS) is 19.8. The highest BCUT2D eigenvalue weighted by Crippen LogP contribution is 2.45. The van der Waals surface area contributed by atoms with Crippen LogP contribution in [0.2, 0.25) is 0 Å². The Morgan fingerprint density at radius 1 is 0.720 bits per heavy atom. The van der Waals surface area contributed by atoms with Gasteiger partial charge in [-0.15, -0.1) is 0 Å². The molecule has 1 aliphatic carbocycles. The van der Waals surface area contributed by atoms with E-state index in [1.165, 1.54) is 22.3 Å². The summed E-state index contributed by atoms with van der Waals surface area (Å²) in [6, 6.07) is 24.1. The second-order valence-electron chi connectivity index (χ2n) is 6.86. The lowest BCUT2D eigenvalue weighted by Crippen LogP contribution is -2.12. The SMILES string of the molecule is Oc1ccc([C@H]2CCCc3cc(O)ccc3[C@H]2c2ccccc2)cc1. The van der Waals surface area contributed by atoms with Gasteiger partial charge in [0.15, 0.2) is 0 Å². The molecule has 0 radical (unpaired) electrons. The third-order valence-electron chi connectivity index (χ3n) is 5.31. The van der Waals surface area contributed by atoms with Crippen LogP contribution in [-0.2, 0) is 6.42 Å². The Bertz CT molecular complexity index is 853. The van der Waals surface area contributed by atoms with Gasteiger partial charge in [-0.05, 0) is 71.7 Å². The van der Waals surface area contributed by atoms with Crippen molar-refractivity contribution in [3.05, 3.63) is 95.1 Å². The Kier molecular flexibility index (Phi) is 4.19. The van der Waals surface area contributed by atoms with Crippen LogP contribution in [-0.4, -0.2) is 10.2 Å². The fourth-order valence-corrected chi connectivity index (χ4v) is 4.16. The van der Waals surface area contributed by atoms with Crippen molar-refractivity contribution < 1.29 is 10.2 Å². The second kappa shape index (κ2) is 6.64. The number of benzene rings is 3. The molecule has 0 heterocycles. The average Bonchev–Trinajstić information content (AvgIpc) is 2.82. The zero-order chi connectivity index (χ0) is 17.2. The van der Waals surface area contributed by atoms with Crippen molar-refractivity contribution in [3.63, 3.8) is 0 Å². The third kappa shape index (κ3) is 3.12. The van der Waals surface area contributed by atoms with E-state index in [1.807, 2.05) is 24.3 Å². The fourth-order valence-electron chi connectivity index (χ4n) is 4.16. The van der Waals surface area contributed by atoms with E-state index in [2.05, 4.69) is 30.3 Å². The van der Waals surface area contributed by atoms with Crippen molar-refractivity contribution in [1.82, 2.24) is 0 Å². The summed E-state index contributed by atoms with van der Waals surface area (Å²) < 4.78 is 0. The predicted molar refractivity (Wildman–Crippen MR) is 100 cm³/mol. The standard InChI is InChI=1S/C23H22O2/c24-19-11-9-16(10-12-19)21-8-4-7-18-15-20(25)13-14-22(18)23(21)17-5-2-1-3-6-17/h1-3,5-6,9-15,21,23-25H,4,7-8H2/t21-,23+/m1/s1. The van der Waals surface area contributed by atoms with Crippen LogP contribution >= 0.6 is 0 Å². The predicted octanol–water partition coefficient (Wildman–Crippen LogP) is 5.35. The van der Waals surface area contributed by atoms with Gasteiger partial charge in [-0.1, -0.05) is 48.5 Å². The molecule has 0 aromatic heterocycles. The molecule has 0 spiro atoms. The molecule has 2 atom stereocenters. The largest absolute Gasteiger partial charge is 0.508 e. The van der Waals surface area contributed by atoms with Gasteiger partial charge in [0, 0.05) is 5.92 Å². The first-order valence-corrected chi connectivity index (χ1v) is 8.88. The molecule has 0 bridgehead atoms. The van der Waals surface area contributed by atoms with E-state index in [-0.39, 0.29) is 5.92 Å². The van der Waals surface area contributed by atoms with Gasteiger partial charge in [0.25, 0.3) is 0 Å². The molecule has 0 fully saturated rings. The van der Waals surface area contributed by atoms with Crippen LogP contribution in [0.4, 0.5) is 0 Å². The molecule has 126 valence electrons. The van der Waals surface area contributed by atoms with E-state index in [4.69, 9.17) is 0 Å². The van der Waals surface area contributed by atoms with Crippen molar-refractivity contribution in [1.29, 1.82) is 0 Å². The molecule has 2 nitrogen and oxygen atoms in total. The Morgan fingerprint density at radius 3 is 2.20 bits per heavy atom. The molecule has 25 heavy (non-hydrogen) atoms. The fraction of sp³-hybridized carbons (Fsp3) is 0.217. The smallest absolute Gasteiger partial charge is 0.115 e. The summed E-state index contributed by atoms with van der Waals surface area (Å²) in [5.74, 6) is 1.25. The lowest BCUT2D eigenvalue weighted by molar-refractivity contribution is 0.473. The number of aromatic hydroxyl groups is 2. The number of fused-ring (bicyclic) bond motifs is 1. The van der Waals surface area contributed by atoms with Gasteiger partial charge in [-0.3, -0.25) is 0 Å². The van der Waals surface area contributed by atoms with Crippen LogP contribution in [0.3, 0.4) is 0 Å².